The zero-order valence-electron chi connectivity index (χ0n) is 26.5. The molecule has 46 heavy (non-hydrogen) atoms. The number of furan rings is 1. The largest absolute Gasteiger partial charge is 0.497 e. The number of methoxy groups -OCH3 is 1. The van der Waals surface area contributed by atoms with Crippen LogP contribution >= 0.6 is 11.3 Å². The molecule has 1 aliphatic heterocycles. The van der Waals surface area contributed by atoms with Crippen LogP contribution in [0.1, 0.15) is 41.2 Å². The highest BCUT2D eigenvalue weighted by Gasteiger charge is 2.27. The molecule has 1 saturated heterocycles. The number of hydrogen-bond donors (Lipinski definition) is 0. The fourth-order valence-electron chi connectivity index (χ4n) is 6.22. The van der Waals surface area contributed by atoms with Gasteiger partial charge in [0.15, 0.2) is 5.76 Å². The maximum Gasteiger partial charge on any atom is 0.254 e. The Hall–Kier alpha value is -4.67. The summed E-state index contributed by atoms with van der Waals surface area (Å²) in [5, 5.41) is 6.36. The minimum Gasteiger partial charge on any atom is -0.497 e. The van der Waals surface area contributed by atoms with E-state index in [2.05, 4.69) is 29.9 Å². The van der Waals surface area contributed by atoms with Gasteiger partial charge in [-0.05, 0) is 74.3 Å². The number of imidazole rings is 1. The van der Waals surface area contributed by atoms with E-state index in [1.807, 2.05) is 78.7 Å². The van der Waals surface area contributed by atoms with E-state index in [9.17, 15) is 4.79 Å². The normalized spacial score (nSPS) is 15.6. The second kappa shape index (κ2) is 12.6. The smallest absolute Gasteiger partial charge is 0.254 e. The quantitative estimate of drug-likeness (QED) is 0.165. The molecule has 1 aliphatic rings. The SMILES string of the molecule is CCCN1CCN(C(=O)c2ccc(-c3cccc(OCc4cc(OC)cc5oc(-c6cn7nc(C)sc7n6)cc45)c3)cc2)[C@@H](C)C1. The molecule has 3 aromatic heterocycles. The minimum atomic E-state index is 0.0961. The van der Waals surface area contributed by atoms with E-state index in [0.717, 1.165) is 81.7 Å². The van der Waals surface area contributed by atoms with E-state index in [4.69, 9.17) is 18.9 Å². The number of aryl methyl sites for hydroxylation is 1. The van der Waals surface area contributed by atoms with Crippen LogP contribution in [0.15, 0.2) is 77.3 Å². The number of fused-ring (bicyclic) bond motifs is 2. The lowest BCUT2D eigenvalue weighted by Gasteiger charge is -2.39. The minimum absolute atomic E-state index is 0.0961. The second-order valence-electron chi connectivity index (χ2n) is 11.8. The van der Waals surface area contributed by atoms with Gasteiger partial charge >= 0.3 is 0 Å². The summed E-state index contributed by atoms with van der Waals surface area (Å²) in [4.78, 5) is 23.3. The zero-order valence-corrected chi connectivity index (χ0v) is 27.3. The van der Waals surface area contributed by atoms with E-state index in [-0.39, 0.29) is 11.9 Å². The van der Waals surface area contributed by atoms with E-state index in [0.29, 0.717) is 23.7 Å². The van der Waals surface area contributed by atoms with Crippen LogP contribution < -0.4 is 9.47 Å². The molecule has 7 rings (SSSR count). The molecule has 0 spiro atoms. The first-order valence-corrected chi connectivity index (χ1v) is 16.5. The summed E-state index contributed by atoms with van der Waals surface area (Å²) >= 11 is 1.54. The number of ether oxygens (including phenoxy) is 2. The van der Waals surface area contributed by atoms with Gasteiger partial charge in [-0.3, -0.25) is 9.69 Å². The van der Waals surface area contributed by atoms with Gasteiger partial charge in [-0.2, -0.15) is 5.10 Å². The summed E-state index contributed by atoms with van der Waals surface area (Å²) in [7, 11) is 1.64. The molecule has 0 bridgehead atoms. The maximum absolute atomic E-state index is 13.3. The summed E-state index contributed by atoms with van der Waals surface area (Å²) in [6.07, 6.45) is 3.02. The summed E-state index contributed by atoms with van der Waals surface area (Å²) in [6.45, 7) is 10.3. The lowest BCUT2D eigenvalue weighted by molar-refractivity contribution is 0.0490. The van der Waals surface area contributed by atoms with Crippen LogP contribution in [0.4, 0.5) is 0 Å². The van der Waals surface area contributed by atoms with Gasteiger partial charge in [0.1, 0.15) is 34.4 Å². The van der Waals surface area contributed by atoms with E-state index in [1.54, 1.807) is 11.6 Å². The van der Waals surface area contributed by atoms with Crippen LogP contribution in [0.2, 0.25) is 0 Å². The van der Waals surface area contributed by atoms with Crippen molar-refractivity contribution in [2.45, 2.75) is 39.8 Å². The highest BCUT2D eigenvalue weighted by molar-refractivity contribution is 7.16. The Kier molecular flexibility index (Phi) is 8.23. The van der Waals surface area contributed by atoms with Crippen LogP contribution in [-0.2, 0) is 6.61 Å². The average Bonchev–Trinajstić information content (AvgIpc) is 3.77. The van der Waals surface area contributed by atoms with Crippen molar-refractivity contribution >= 4 is 33.2 Å². The molecule has 3 aromatic carbocycles. The Morgan fingerprint density at radius 3 is 2.65 bits per heavy atom. The van der Waals surface area contributed by atoms with Gasteiger partial charge in [0.2, 0.25) is 4.96 Å². The summed E-state index contributed by atoms with van der Waals surface area (Å²) in [5.74, 6) is 2.19. The van der Waals surface area contributed by atoms with Gasteiger partial charge < -0.3 is 18.8 Å². The lowest BCUT2D eigenvalue weighted by Crippen LogP contribution is -2.54. The Morgan fingerprint density at radius 1 is 1.04 bits per heavy atom. The Bertz CT molecular complexity index is 1980. The van der Waals surface area contributed by atoms with E-state index < -0.39 is 0 Å². The molecule has 1 fully saturated rings. The van der Waals surface area contributed by atoms with Crippen molar-refractivity contribution in [1.82, 2.24) is 24.4 Å². The number of carbonyl (C=O) groups excluding carboxylic acids is 1. The van der Waals surface area contributed by atoms with Crippen molar-refractivity contribution in [3.05, 3.63) is 89.1 Å². The fraction of sp³-hybridized carbons (Fsp3) is 0.306. The average molecular weight is 636 g/mol. The van der Waals surface area contributed by atoms with Crippen molar-refractivity contribution in [2.75, 3.05) is 33.3 Å². The summed E-state index contributed by atoms with van der Waals surface area (Å²) < 4.78 is 19.9. The third kappa shape index (κ3) is 5.98. The Labute approximate surface area is 272 Å². The molecular weight excluding hydrogens is 598 g/mol. The predicted octanol–water partition coefficient (Wildman–Crippen LogP) is 7.32. The third-order valence-electron chi connectivity index (χ3n) is 8.53. The highest BCUT2D eigenvalue weighted by atomic mass is 32.1. The molecule has 6 aromatic rings. The van der Waals surface area contributed by atoms with Crippen LogP contribution in [0.25, 0.3) is 38.5 Å². The standard InChI is InChI=1S/C36H37N5O4S/c1-5-13-39-14-15-40(23(2)20-39)35(42)26-11-9-25(10-12-26)27-7-6-8-29(16-27)44-22-28-17-30(43-4)18-33-31(28)19-34(45-33)32-21-41-36(37-32)46-24(3)38-41/h6-12,16-19,21,23H,5,13-15,20,22H2,1-4H3/t23-/m0/s1. The van der Waals surface area contributed by atoms with Gasteiger partial charge in [-0.1, -0.05) is 42.5 Å². The monoisotopic (exact) mass is 635 g/mol. The number of rotatable bonds is 9. The fourth-order valence-corrected chi connectivity index (χ4v) is 6.94. The lowest BCUT2D eigenvalue weighted by atomic mass is 10.0. The zero-order chi connectivity index (χ0) is 31.8. The second-order valence-corrected chi connectivity index (χ2v) is 13.0. The van der Waals surface area contributed by atoms with Crippen molar-refractivity contribution in [2.24, 2.45) is 0 Å². The van der Waals surface area contributed by atoms with Gasteiger partial charge in [0.05, 0.1) is 13.3 Å². The molecule has 0 N–H and O–H groups in total. The molecule has 1 atom stereocenters. The predicted molar refractivity (Wildman–Crippen MR) is 181 cm³/mol. The third-order valence-corrected chi connectivity index (χ3v) is 9.37. The molecule has 0 aliphatic carbocycles. The van der Waals surface area contributed by atoms with Gasteiger partial charge in [-0.15, -0.1) is 0 Å². The number of aromatic nitrogens is 3. The van der Waals surface area contributed by atoms with E-state index in [1.165, 1.54) is 11.3 Å². The number of carbonyl (C=O) groups is 1. The van der Waals surface area contributed by atoms with Gasteiger partial charge in [0.25, 0.3) is 5.91 Å². The van der Waals surface area contributed by atoms with Crippen molar-refractivity contribution < 1.29 is 18.7 Å². The summed E-state index contributed by atoms with van der Waals surface area (Å²) in [5.41, 5.74) is 5.13. The molecule has 9 nitrogen and oxygen atoms in total. The van der Waals surface area contributed by atoms with Crippen molar-refractivity contribution in [1.29, 1.82) is 0 Å². The first kappa shape index (κ1) is 30.0. The maximum atomic E-state index is 13.3. The first-order chi connectivity index (χ1) is 22.4. The van der Waals surface area contributed by atoms with Gasteiger partial charge in [-0.25, -0.2) is 9.50 Å². The van der Waals surface area contributed by atoms with Crippen molar-refractivity contribution in [3.8, 4) is 34.1 Å². The number of nitrogens with zero attached hydrogens (tertiary/aromatic N) is 5. The molecule has 0 radical (unpaired) electrons. The van der Waals surface area contributed by atoms with Crippen LogP contribution in [-0.4, -0.2) is 69.6 Å². The number of benzene rings is 3. The molecule has 0 saturated carbocycles. The van der Waals surface area contributed by atoms with Crippen molar-refractivity contribution in [3.63, 3.8) is 0 Å². The molecule has 0 unspecified atom stereocenters. The Balaban J connectivity index is 1.06. The molecule has 10 heteroatoms. The number of hydrogen-bond acceptors (Lipinski definition) is 8. The number of amides is 1. The van der Waals surface area contributed by atoms with E-state index >= 15 is 0 Å². The highest BCUT2D eigenvalue weighted by Crippen LogP contribution is 2.34. The first-order valence-electron chi connectivity index (χ1n) is 15.7. The van der Waals surface area contributed by atoms with Gasteiger partial charge in [0, 0.05) is 48.3 Å². The molecule has 4 heterocycles. The molecular formula is C36H37N5O4S. The molecule has 1 amide bonds. The number of piperazine rings is 1. The van der Waals surface area contributed by atoms with Crippen LogP contribution in [0.3, 0.4) is 0 Å². The topological polar surface area (TPSA) is 85.3 Å². The van der Waals surface area contributed by atoms with Crippen LogP contribution in [0, 0.1) is 6.92 Å². The Morgan fingerprint density at radius 2 is 1.89 bits per heavy atom. The summed E-state index contributed by atoms with van der Waals surface area (Å²) in [6, 6.07) is 22.0. The molecule has 236 valence electrons. The van der Waals surface area contributed by atoms with Crippen LogP contribution in [0.5, 0.6) is 11.5 Å².